The first-order valence-corrected chi connectivity index (χ1v) is 16.6. The molecule has 1 radical (unpaired) electrons. The SMILES string of the molecule is CCOCC.CCOCC.Oc1c(O)c(Cl)c(Cl)c(Cl)c1Cl.Oc1c(O)c(Cl)c(Cl)c(Cl)c1Cl.Oc1c(O)c(Cl)c(Cl)c(Cl)c1Cl.[Nb]. The van der Waals surface area contributed by atoms with E-state index in [1.165, 1.54) is 0 Å². The maximum absolute atomic E-state index is 9.08. The molecule has 0 aliphatic carbocycles. The Balaban J connectivity index is -0.000000536. The summed E-state index contributed by atoms with van der Waals surface area (Å²) in [5.41, 5.74) is 0. The number of ether oxygens (including phenoxy) is 2. The monoisotopic (exact) mass is 979 g/mol. The molecule has 0 saturated carbocycles. The van der Waals surface area contributed by atoms with E-state index in [9.17, 15) is 0 Å². The maximum Gasteiger partial charge on any atom is 0.179 e. The van der Waals surface area contributed by atoms with Gasteiger partial charge >= 0.3 is 0 Å². The number of hydrogen-bond acceptors (Lipinski definition) is 8. The smallest absolute Gasteiger partial charge is 0.179 e. The number of halogens is 12. The van der Waals surface area contributed by atoms with Crippen molar-refractivity contribution in [2.75, 3.05) is 26.4 Å². The van der Waals surface area contributed by atoms with Crippen molar-refractivity contribution in [3.05, 3.63) is 60.3 Å². The average molecular weight is 985 g/mol. The van der Waals surface area contributed by atoms with E-state index < -0.39 is 34.5 Å². The molecular weight excluding hydrogens is 959 g/mol. The molecule has 0 aliphatic heterocycles. The first-order chi connectivity index (χ1) is 21.2. The molecule has 3 rings (SSSR count). The van der Waals surface area contributed by atoms with E-state index in [4.69, 9.17) is 179 Å². The van der Waals surface area contributed by atoms with Crippen LogP contribution in [0.1, 0.15) is 27.7 Å². The Morgan fingerprint density at radius 1 is 0.298 bits per heavy atom. The Labute approximate surface area is 347 Å². The molecule has 0 aliphatic rings. The van der Waals surface area contributed by atoms with Crippen LogP contribution >= 0.6 is 139 Å². The summed E-state index contributed by atoms with van der Waals surface area (Å²) >= 11 is 66.1. The zero-order valence-electron chi connectivity index (χ0n) is 24.3. The third-order valence-electron chi connectivity index (χ3n) is 4.47. The van der Waals surface area contributed by atoms with Crippen molar-refractivity contribution in [2.45, 2.75) is 27.7 Å². The van der Waals surface area contributed by atoms with E-state index in [-0.39, 0.29) is 82.7 Å². The number of hydrogen-bond donors (Lipinski definition) is 6. The zero-order chi connectivity index (χ0) is 36.6. The van der Waals surface area contributed by atoms with Crippen molar-refractivity contribution in [3.63, 3.8) is 0 Å². The quantitative estimate of drug-likeness (QED) is 0.0657. The van der Waals surface area contributed by atoms with Crippen molar-refractivity contribution in [2.24, 2.45) is 0 Å². The fraction of sp³-hybridized carbons (Fsp3) is 0.308. The van der Waals surface area contributed by atoms with E-state index in [0.29, 0.717) is 0 Å². The van der Waals surface area contributed by atoms with Crippen LogP contribution in [0.25, 0.3) is 0 Å². The molecule has 0 spiro atoms. The van der Waals surface area contributed by atoms with Gasteiger partial charge in [-0.1, -0.05) is 139 Å². The van der Waals surface area contributed by atoms with E-state index >= 15 is 0 Å². The molecule has 0 aromatic heterocycles. The van der Waals surface area contributed by atoms with Crippen LogP contribution in [0.5, 0.6) is 34.5 Å². The van der Waals surface area contributed by atoms with Gasteiger partial charge in [0.15, 0.2) is 34.5 Å². The molecule has 0 amide bonds. The van der Waals surface area contributed by atoms with Crippen molar-refractivity contribution in [1.29, 1.82) is 0 Å². The molecule has 267 valence electrons. The minimum atomic E-state index is -0.573. The van der Waals surface area contributed by atoms with Gasteiger partial charge in [0.05, 0.1) is 30.1 Å². The second-order valence-electron chi connectivity index (χ2n) is 7.42. The second kappa shape index (κ2) is 26.4. The molecule has 21 heteroatoms. The summed E-state index contributed by atoms with van der Waals surface area (Å²) in [5, 5.41) is 52.7. The van der Waals surface area contributed by atoms with E-state index in [1.54, 1.807) is 0 Å². The maximum atomic E-state index is 9.08. The largest absolute Gasteiger partial charge is 0.503 e. The average Bonchev–Trinajstić information content (AvgIpc) is 3.05. The van der Waals surface area contributed by atoms with Gasteiger partial charge in [-0.15, -0.1) is 0 Å². The van der Waals surface area contributed by atoms with Gasteiger partial charge in [-0.05, 0) is 27.7 Å². The van der Waals surface area contributed by atoms with Gasteiger partial charge in [-0.25, -0.2) is 0 Å². The molecule has 0 fully saturated rings. The molecule has 0 saturated heterocycles. The Morgan fingerprint density at radius 3 is 0.468 bits per heavy atom. The third-order valence-corrected chi connectivity index (χ3v) is 9.82. The second-order valence-corrected chi connectivity index (χ2v) is 12.0. The summed E-state index contributed by atoms with van der Waals surface area (Å²) in [6.07, 6.45) is 0. The van der Waals surface area contributed by atoms with Gasteiger partial charge < -0.3 is 40.1 Å². The fourth-order valence-electron chi connectivity index (χ4n) is 2.23. The van der Waals surface area contributed by atoms with Gasteiger partial charge in [-0.3, -0.25) is 0 Å². The molecule has 3 aromatic carbocycles. The van der Waals surface area contributed by atoms with Crippen LogP contribution in [0.3, 0.4) is 0 Å². The summed E-state index contributed by atoms with van der Waals surface area (Å²) < 4.78 is 9.67. The first kappa shape index (κ1) is 52.0. The third kappa shape index (κ3) is 15.8. The van der Waals surface area contributed by atoms with Crippen LogP contribution < -0.4 is 0 Å². The topological polar surface area (TPSA) is 140 Å². The van der Waals surface area contributed by atoms with Crippen LogP contribution in [0, 0.1) is 0 Å². The molecular formula is C26H26Cl12NbO8. The van der Waals surface area contributed by atoms with Crippen molar-refractivity contribution in [3.8, 4) is 34.5 Å². The molecule has 0 heterocycles. The summed E-state index contributed by atoms with van der Waals surface area (Å²) in [7, 11) is 0. The van der Waals surface area contributed by atoms with Crippen molar-refractivity contribution in [1.82, 2.24) is 0 Å². The summed E-state index contributed by atoms with van der Waals surface area (Å²) in [4.78, 5) is 0. The van der Waals surface area contributed by atoms with Crippen LogP contribution in [0.15, 0.2) is 0 Å². The zero-order valence-corrected chi connectivity index (χ0v) is 35.6. The summed E-state index contributed by atoms with van der Waals surface area (Å²) in [6, 6.07) is 0. The van der Waals surface area contributed by atoms with E-state index in [1.807, 2.05) is 27.7 Å². The van der Waals surface area contributed by atoms with Crippen LogP contribution in [-0.2, 0) is 31.9 Å². The molecule has 0 unspecified atom stereocenters. The van der Waals surface area contributed by atoms with Crippen LogP contribution in [0.4, 0.5) is 0 Å². The van der Waals surface area contributed by atoms with E-state index in [0.717, 1.165) is 26.4 Å². The van der Waals surface area contributed by atoms with Gasteiger partial charge in [0.1, 0.15) is 30.1 Å². The van der Waals surface area contributed by atoms with Crippen LogP contribution in [0.2, 0.25) is 60.3 Å². The van der Waals surface area contributed by atoms with Crippen LogP contribution in [-0.4, -0.2) is 57.1 Å². The minimum Gasteiger partial charge on any atom is -0.503 e. The Morgan fingerprint density at radius 2 is 0.404 bits per heavy atom. The number of benzene rings is 3. The molecule has 3 aromatic rings. The Hall–Kier alpha value is 0.600. The van der Waals surface area contributed by atoms with Crippen molar-refractivity contribution < 1.29 is 62.5 Å². The molecule has 47 heavy (non-hydrogen) atoms. The molecule has 0 atom stereocenters. The van der Waals surface area contributed by atoms with Gasteiger partial charge in [0.2, 0.25) is 0 Å². The summed E-state index contributed by atoms with van der Waals surface area (Å²) in [5.74, 6) is -3.44. The normalized spacial score (nSPS) is 9.70. The number of phenolic OH excluding ortho intramolecular Hbond substituents is 6. The minimum absolute atomic E-state index is 0. The van der Waals surface area contributed by atoms with E-state index in [2.05, 4.69) is 0 Å². The van der Waals surface area contributed by atoms with Gasteiger partial charge in [0.25, 0.3) is 0 Å². The molecule has 8 nitrogen and oxygen atoms in total. The number of aromatic hydroxyl groups is 6. The molecule has 6 N–H and O–H groups in total. The first-order valence-electron chi connectivity index (χ1n) is 12.1. The van der Waals surface area contributed by atoms with Crippen molar-refractivity contribution >= 4 is 139 Å². The summed E-state index contributed by atoms with van der Waals surface area (Å²) in [6.45, 7) is 11.3. The van der Waals surface area contributed by atoms with Gasteiger partial charge in [0, 0.05) is 48.8 Å². The Kier molecular flexibility index (Phi) is 29.2. The van der Waals surface area contributed by atoms with Gasteiger partial charge in [-0.2, -0.15) is 0 Å². The fourth-order valence-corrected chi connectivity index (χ4v) is 4.73. The number of phenols is 6. The Bertz CT molecular complexity index is 963. The molecule has 0 bridgehead atoms. The number of rotatable bonds is 4. The predicted octanol–water partition coefficient (Wildman–Crippen LogP) is 13.2. The predicted molar refractivity (Wildman–Crippen MR) is 194 cm³/mol. The standard InChI is InChI=1S/3C6H2Cl4O2.2C4H10O.Nb/c3*7-1-2(8)4(10)6(12)5(11)3(1)9;2*1-3-5-4-2;/h3*11-12H;2*3-4H2,1-2H3;.